The molecule has 2 unspecified atom stereocenters. The van der Waals surface area contributed by atoms with Gasteiger partial charge in [0.25, 0.3) is 0 Å². The topological polar surface area (TPSA) is 94.0 Å². The summed E-state index contributed by atoms with van der Waals surface area (Å²) in [5.74, 6) is 1.42. The second kappa shape index (κ2) is 7.88. The Morgan fingerprint density at radius 3 is 2.57 bits per heavy atom. The van der Waals surface area contributed by atoms with E-state index in [0.29, 0.717) is 11.7 Å². The standard InChI is InChI=1S/C20H25F3N6S/c1-12-9-14(24)19(10-12)4-7-29(8-5-19)15-11-27-18(17(25)28-15)30-13-3-2-6-26-16(13)20(21,22)23/h2-3,6,11-12,14H,4-5,7-10,24H2,1H3,(H2,25,28). The molecule has 0 radical (unpaired) electrons. The van der Waals surface area contributed by atoms with E-state index in [1.165, 1.54) is 12.1 Å². The van der Waals surface area contributed by atoms with Crippen LogP contribution in [0.2, 0.25) is 0 Å². The molecule has 162 valence electrons. The van der Waals surface area contributed by atoms with Crippen LogP contribution in [0.15, 0.2) is 34.4 Å². The number of nitrogen functional groups attached to an aromatic ring is 1. The number of hydrogen-bond donors (Lipinski definition) is 2. The molecule has 0 amide bonds. The lowest BCUT2D eigenvalue weighted by Crippen LogP contribution is -2.47. The quantitative estimate of drug-likeness (QED) is 0.749. The van der Waals surface area contributed by atoms with Crippen LogP contribution in [0, 0.1) is 11.3 Å². The van der Waals surface area contributed by atoms with Crippen molar-refractivity contribution < 1.29 is 13.2 Å². The number of nitrogens with zero attached hydrogens (tertiary/aromatic N) is 4. The van der Waals surface area contributed by atoms with Crippen molar-refractivity contribution in [2.24, 2.45) is 17.1 Å². The zero-order valence-corrected chi connectivity index (χ0v) is 17.5. The molecule has 6 nitrogen and oxygen atoms in total. The van der Waals surface area contributed by atoms with Crippen molar-refractivity contribution in [3.8, 4) is 0 Å². The van der Waals surface area contributed by atoms with Crippen LogP contribution in [0.1, 0.15) is 38.3 Å². The molecule has 1 aliphatic heterocycles. The lowest BCUT2D eigenvalue weighted by molar-refractivity contribution is -0.143. The summed E-state index contributed by atoms with van der Waals surface area (Å²) in [6.07, 6.45) is 2.39. The van der Waals surface area contributed by atoms with Crippen molar-refractivity contribution in [1.82, 2.24) is 15.0 Å². The molecule has 2 aromatic rings. The molecular formula is C20H25F3N6S. The summed E-state index contributed by atoms with van der Waals surface area (Å²) in [7, 11) is 0. The molecule has 0 aromatic carbocycles. The maximum absolute atomic E-state index is 13.2. The number of anilines is 2. The smallest absolute Gasteiger partial charge is 0.381 e. The first kappa shape index (κ1) is 21.2. The molecule has 1 saturated carbocycles. The van der Waals surface area contributed by atoms with Gasteiger partial charge >= 0.3 is 6.18 Å². The van der Waals surface area contributed by atoms with Crippen LogP contribution in [-0.4, -0.2) is 34.1 Å². The molecule has 2 aromatic heterocycles. The first-order valence-electron chi connectivity index (χ1n) is 10.0. The van der Waals surface area contributed by atoms with Crippen molar-refractivity contribution in [3.63, 3.8) is 0 Å². The number of aromatic nitrogens is 3. The highest BCUT2D eigenvalue weighted by Gasteiger charge is 2.45. The average molecular weight is 439 g/mol. The summed E-state index contributed by atoms with van der Waals surface area (Å²) < 4.78 is 39.5. The maximum Gasteiger partial charge on any atom is 0.434 e. The highest BCUT2D eigenvalue weighted by Crippen LogP contribution is 2.48. The molecule has 2 aliphatic rings. The number of nitrogens with two attached hydrogens (primary N) is 2. The Hall–Kier alpha value is -2.07. The summed E-state index contributed by atoms with van der Waals surface area (Å²) in [4.78, 5) is 14.3. The molecular weight excluding hydrogens is 413 g/mol. The van der Waals surface area contributed by atoms with Crippen LogP contribution >= 0.6 is 11.8 Å². The van der Waals surface area contributed by atoms with Gasteiger partial charge in [0, 0.05) is 30.2 Å². The predicted molar refractivity (Wildman–Crippen MR) is 110 cm³/mol. The molecule has 0 bridgehead atoms. The zero-order valence-electron chi connectivity index (χ0n) is 16.7. The van der Waals surface area contributed by atoms with Crippen molar-refractivity contribution in [1.29, 1.82) is 0 Å². The summed E-state index contributed by atoms with van der Waals surface area (Å²) in [5.41, 5.74) is 11.7. The molecule has 1 spiro atoms. The van der Waals surface area contributed by atoms with E-state index in [1.54, 1.807) is 6.20 Å². The number of pyridine rings is 1. The third kappa shape index (κ3) is 4.07. The molecule has 2 atom stereocenters. The third-order valence-electron chi connectivity index (χ3n) is 6.28. The Morgan fingerprint density at radius 1 is 1.23 bits per heavy atom. The third-order valence-corrected chi connectivity index (χ3v) is 7.34. The second-order valence-electron chi connectivity index (χ2n) is 8.37. The summed E-state index contributed by atoms with van der Waals surface area (Å²) >= 11 is 0.823. The van der Waals surface area contributed by atoms with Crippen molar-refractivity contribution in [3.05, 3.63) is 30.2 Å². The Kier molecular flexibility index (Phi) is 5.56. The van der Waals surface area contributed by atoms with Crippen molar-refractivity contribution in [2.75, 3.05) is 23.7 Å². The first-order chi connectivity index (χ1) is 14.2. The van der Waals surface area contributed by atoms with E-state index in [0.717, 1.165) is 56.7 Å². The summed E-state index contributed by atoms with van der Waals surface area (Å²) in [6.45, 7) is 3.90. The highest BCUT2D eigenvalue weighted by molar-refractivity contribution is 7.99. The molecule has 1 aliphatic carbocycles. The molecule has 4 rings (SSSR count). The monoisotopic (exact) mass is 438 g/mol. The second-order valence-corrected chi connectivity index (χ2v) is 9.40. The minimum atomic E-state index is -4.55. The van der Waals surface area contributed by atoms with E-state index >= 15 is 0 Å². The number of halogens is 3. The maximum atomic E-state index is 13.2. The lowest BCUT2D eigenvalue weighted by Gasteiger charge is -2.42. The van der Waals surface area contributed by atoms with Crippen molar-refractivity contribution in [2.45, 2.75) is 54.7 Å². The number of piperidine rings is 1. The van der Waals surface area contributed by atoms with E-state index in [-0.39, 0.29) is 27.2 Å². The molecule has 3 heterocycles. The average Bonchev–Trinajstić information content (AvgIpc) is 2.96. The molecule has 10 heteroatoms. The van der Waals surface area contributed by atoms with Crippen LogP contribution in [0.25, 0.3) is 0 Å². The predicted octanol–water partition coefficient (Wildman–Crippen LogP) is 3.97. The van der Waals surface area contributed by atoms with Gasteiger partial charge < -0.3 is 16.4 Å². The molecule has 4 N–H and O–H groups in total. The van der Waals surface area contributed by atoms with Crippen LogP contribution in [-0.2, 0) is 6.18 Å². The molecule has 30 heavy (non-hydrogen) atoms. The minimum Gasteiger partial charge on any atom is -0.381 e. The Balaban J connectivity index is 1.48. The first-order valence-corrected chi connectivity index (χ1v) is 10.8. The van der Waals surface area contributed by atoms with Gasteiger partial charge in [0.15, 0.2) is 11.5 Å². The van der Waals surface area contributed by atoms with Gasteiger partial charge in [-0.05, 0) is 49.1 Å². The highest BCUT2D eigenvalue weighted by atomic mass is 32.2. The van der Waals surface area contributed by atoms with Gasteiger partial charge in [-0.3, -0.25) is 4.98 Å². The molecule has 1 saturated heterocycles. The fourth-order valence-corrected chi connectivity index (χ4v) is 5.65. The SMILES string of the molecule is CC1CC(N)C2(CCN(c3cnc(Sc4cccnc4C(F)(F)F)c(N)n3)CC2)C1. The summed E-state index contributed by atoms with van der Waals surface area (Å²) in [6, 6.07) is 3.05. The van der Waals surface area contributed by atoms with Gasteiger partial charge in [0.2, 0.25) is 0 Å². The Labute approximate surface area is 177 Å². The summed E-state index contributed by atoms with van der Waals surface area (Å²) in [5, 5.41) is 0.234. The van der Waals surface area contributed by atoms with Crippen LogP contribution < -0.4 is 16.4 Å². The minimum absolute atomic E-state index is 0.0528. The number of rotatable bonds is 3. The van der Waals surface area contributed by atoms with Crippen LogP contribution in [0.4, 0.5) is 24.8 Å². The fraction of sp³-hybridized carbons (Fsp3) is 0.550. The van der Waals surface area contributed by atoms with Crippen molar-refractivity contribution >= 4 is 23.4 Å². The van der Waals surface area contributed by atoms with Crippen LogP contribution in [0.5, 0.6) is 0 Å². The van der Waals surface area contributed by atoms with E-state index in [1.807, 2.05) is 0 Å². The van der Waals surface area contributed by atoms with E-state index in [4.69, 9.17) is 11.5 Å². The van der Waals surface area contributed by atoms with E-state index < -0.39 is 11.9 Å². The normalized spacial score (nSPS) is 23.8. The van der Waals surface area contributed by atoms with Gasteiger partial charge in [-0.25, -0.2) is 9.97 Å². The lowest BCUT2D eigenvalue weighted by atomic mass is 9.74. The number of alkyl halides is 3. The number of hydrogen-bond acceptors (Lipinski definition) is 7. The van der Waals surface area contributed by atoms with Gasteiger partial charge in [0.05, 0.1) is 6.20 Å². The van der Waals surface area contributed by atoms with Gasteiger partial charge in [-0.15, -0.1) is 0 Å². The van der Waals surface area contributed by atoms with E-state index in [9.17, 15) is 13.2 Å². The fourth-order valence-electron chi connectivity index (χ4n) is 4.77. The van der Waals surface area contributed by atoms with Crippen LogP contribution in [0.3, 0.4) is 0 Å². The molecule has 2 fully saturated rings. The Morgan fingerprint density at radius 2 is 1.97 bits per heavy atom. The van der Waals surface area contributed by atoms with Gasteiger partial charge in [-0.2, -0.15) is 13.2 Å². The van der Waals surface area contributed by atoms with Gasteiger partial charge in [-0.1, -0.05) is 18.7 Å². The Bertz CT molecular complexity index is 914. The largest absolute Gasteiger partial charge is 0.434 e. The van der Waals surface area contributed by atoms with E-state index in [2.05, 4.69) is 26.8 Å². The zero-order chi connectivity index (χ0) is 21.5. The van der Waals surface area contributed by atoms with Gasteiger partial charge in [0.1, 0.15) is 10.8 Å².